The first-order chi connectivity index (χ1) is 15.2. The quantitative estimate of drug-likeness (QED) is 0.608. The number of hydrogen-bond acceptors (Lipinski definition) is 5. The van der Waals surface area contributed by atoms with Crippen LogP contribution in [0, 0.1) is 12.8 Å². The molecule has 1 aliphatic carbocycles. The van der Waals surface area contributed by atoms with Gasteiger partial charge in [0.2, 0.25) is 5.91 Å². The Bertz CT molecular complexity index is 904. The lowest BCUT2D eigenvalue weighted by Gasteiger charge is -2.32. The van der Waals surface area contributed by atoms with Gasteiger partial charge in [-0.3, -0.25) is 4.79 Å². The molecule has 0 bridgehead atoms. The average molecular weight is 437 g/mol. The maximum atomic E-state index is 12.6. The highest BCUT2D eigenvalue weighted by atomic mass is 32.2. The predicted molar refractivity (Wildman–Crippen MR) is 126 cm³/mol. The SMILES string of the molecule is Cc1ccc(Sc2nccnc2N2CCC(C(=O)NCCC3=CCCCC3)CC2)cc1. The van der Waals surface area contributed by atoms with Crippen LogP contribution in [0.3, 0.4) is 0 Å². The van der Waals surface area contributed by atoms with Gasteiger partial charge in [-0.05, 0) is 64.0 Å². The van der Waals surface area contributed by atoms with Gasteiger partial charge in [0.15, 0.2) is 5.82 Å². The van der Waals surface area contributed by atoms with E-state index in [1.807, 2.05) is 0 Å². The molecule has 6 heteroatoms. The van der Waals surface area contributed by atoms with E-state index in [4.69, 9.17) is 0 Å². The number of anilines is 1. The molecule has 2 heterocycles. The van der Waals surface area contributed by atoms with Crippen LogP contribution in [0.1, 0.15) is 50.5 Å². The topological polar surface area (TPSA) is 58.1 Å². The predicted octanol–water partition coefficient (Wildman–Crippen LogP) is 5.16. The molecule has 1 N–H and O–H groups in total. The van der Waals surface area contributed by atoms with Crippen LogP contribution in [-0.2, 0) is 4.79 Å². The van der Waals surface area contributed by atoms with E-state index < -0.39 is 0 Å². The second kappa shape index (κ2) is 10.8. The summed E-state index contributed by atoms with van der Waals surface area (Å²) in [6, 6.07) is 8.48. The van der Waals surface area contributed by atoms with Gasteiger partial charge in [0.05, 0.1) is 0 Å². The van der Waals surface area contributed by atoms with Gasteiger partial charge in [0, 0.05) is 42.8 Å². The Labute approximate surface area is 189 Å². The molecule has 0 unspecified atom stereocenters. The van der Waals surface area contributed by atoms with Crippen LogP contribution >= 0.6 is 11.8 Å². The molecule has 1 saturated heterocycles. The molecule has 2 aromatic rings. The minimum absolute atomic E-state index is 0.0986. The van der Waals surface area contributed by atoms with Crippen LogP contribution in [0.25, 0.3) is 0 Å². The van der Waals surface area contributed by atoms with Crippen molar-refractivity contribution in [3.63, 3.8) is 0 Å². The fourth-order valence-corrected chi connectivity index (χ4v) is 5.18. The molecule has 164 valence electrons. The van der Waals surface area contributed by atoms with Crippen LogP contribution in [0.15, 0.2) is 58.2 Å². The van der Waals surface area contributed by atoms with Crippen molar-refractivity contribution >= 4 is 23.5 Å². The Hall–Kier alpha value is -2.34. The molecule has 4 rings (SSSR count). The van der Waals surface area contributed by atoms with E-state index in [-0.39, 0.29) is 11.8 Å². The zero-order valence-corrected chi connectivity index (χ0v) is 19.2. The maximum absolute atomic E-state index is 12.6. The first kappa shape index (κ1) is 21.9. The van der Waals surface area contributed by atoms with Crippen LogP contribution in [-0.4, -0.2) is 35.5 Å². The number of aromatic nitrogens is 2. The molecule has 0 atom stereocenters. The molecule has 1 aromatic carbocycles. The zero-order chi connectivity index (χ0) is 21.5. The first-order valence-corrected chi connectivity index (χ1v) is 12.3. The number of nitrogens with zero attached hydrogens (tertiary/aromatic N) is 3. The van der Waals surface area contributed by atoms with Gasteiger partial charge in [-0.15, -0.1) is 0 Å². The summed E-state index contributed by atoms with van der Waals surface area (Å²) in [5.74, 6) is 1.24. The highest BCUT2D eigenvalue weighted by Gasteiger charge is 2.27. The Morgan fingerprint density at radius 2 is 1.90 bits per heavy atom. The minimum Gasteiger partial charge on any atom is -0.356 e. The summed E-state index contributed by atoms with van der Waals surface area (Å²) in [6.07, 6.45) is 13.6. The van der Waals surface area contributed by atoms with Gasteiger partial charge >= 0.3 is 0 Å². The van der Waals surface area contributed by atoms with Crippen molar-refractivity contribution in [3.05, 3.63) is 53.9 Å². The molecular weight excluding hydrogens is 404 g/mol. The van der Waals surface area contributed by atoms with Crippen LogP contribution in [0.5, 0.6) is 0 Å². The number of carbonyl (C=O) groups excluding carboxylic acids is 1. The van der Waals surface area contributed by atoms with Crippen molar-refractivity contribution in [2.75, 3.05) is 24.5 Å². The molecule has 31 heavy (non-hydrogen) atoms. The summed E-state index contributed by atoms with van der Waals surface area (Å²) in [4.78, 5) is 25.3. The van der Waals surface area contributed by atoms with Crippen LogP contribution < -0.4 is 10.2 Å². The van der Waals surface area contributed by atoms with Gasteiger partial charge in [-0.1, -0.05) is 41.1 Å². The normalized spacial score (nSPS) is 17.3. The number of hydrogen-bond donors (Lipinski definition) is 1. The van der Waals surface area contributed by atoms with E-state index in [1.54, 1.807) is 24.2 Å². The zero-order valence-electron chi connectivity index (χ0n) is 18.3. The third-order valence-electron chi connectivity index (χ3n) is 6.18. The molecule has 2 aliphatic rings. The maximum Gasteiger partial charge on any atom is 0.223 e. The lowest BCUT2D eigenvalue weighted by Crippen LogP contribution is -2.41. The number of aryl methyl sites for hydroxylation is 1. The standard InChI is InChI=1S/C25H32N4OS/c1-19-7-9-22(10-8-19)31-25-23(26-15-16-28-25)29-17-12-21(13-18-29)24(30)27-14-11-20-5-3-2-4-6-20/h5,7-10,15-16,21H,2-4,6,11-14,17-18H2,1H3,(H,27,30). The van der Waals surface area contributed by atoms with Gasteiger partial charge in [0.25, 0.3) is 0 Å². The average Bonchev–Trinajstić information content (AvgIpc) is 2.82. The third kappa shape index (κ3) is 6.10. The molecule has 5 nitrogen and oxygen atoms in total. The first-order valence-electron chi connectivity index (χ1n) is 11.4. The number of benzene rings is 1. The van der Waals surface area contributed by atoms with Crippen molar-refractivity contribution < 1.29 is 4.79 Å². The summed E-state index contributed by atoms with van der Waals surface area (Å²) in [6.45, 7) is 4.54. The Morgan fingerprint density at radius 1 is 1.13 bits per heavy atom. The smallest absolute Gasteiger partial charge is 0.223 e. The summed E-state index contributed by atoms with van der Waals surface area (Å²) < 4.78 is 0. The molecule has 1 aliphatic heterocycles. The van der Waals surface area contributed by atoms with E-state index in [9.17, 15) is 4.79 Å². The Kier molecular flexibility index (Phi) is 7.62. The van der Waals surface area contributed by atoms with Gasteiger partial charge in [-0.2, -0.15) is 0 Å². The number of amides is 1. The third-order valence-corrected chi connectivity index (χ3v) is 7.17. The van der Waals surface area contributed by atoms with Gasteiger partial charge in [-0.25, -0.2) is 9.97 Å². The monoisotopic (exact) mass is 436 g/mol. The van der Waals surface area contributed by atoms with Crippen molar-refractivity contribution in [1.82, 2.24) is 15.3 Å². The molecular formula is C25H32N4OS. The van der Waals surface area contributed by atoms with E-state index >= 15 is 0 Å². The molecule has 0 saturated carbocycles. The summed E-state index contributed by atoms with van der Waals surface area (Å²) in [5.41, 5.74) is 2.77. The summed E-state index contributed by atoms with van der Waals surface area (Å²) in [5, 5.41) is 4.10. The highest BCUT2D eigenvalue weighted by molar-refractivity contribution is 7.99. The molecule has 1 amide bonds. The van der Waals surface area contributed by atoms with Gasteiger partial charge in [0.1, 0.15) is 5.03 Å². The van der Waals surface area contributed by atoms with Gasteiger partial charge < -0.3 is 10.2 Å². The number of piperidine rings is 1. The highest BCUT2D eigenvalue weighted by Crippen LogP contribution is 2.34. The molecule has 1 aromatic heterocycles. The number of nitrogens with one attached hydrogen (secondary N) is 1. The largest absolute Gasteiger partial charge is 0.356 e. The van der Waals surface area contributed by atoms with Crippen molar-refractivity contribution in [2.24, 2.45) is 5.92 Å². The van der Waals surface area contributed by atoms with Crippen molar-refractivity contribution in [3.8, 4) is 0 Å². The molecule has 0 spiro atoms. The lowest BCUT2D eigenvalue weighted by atomic mass is 9.95. The fraction of sp³-hybridized carbons (Fsp3) is 0.480. The van der Waals surface area contributed by atoms with Crippen molar-refractivity contribution in [1.29, 1.82) is 0 Å². The molecule has 0 radical (unpaired) electrons. The second-order valence-corrected chi connectivity index (χ2v) is 9.57. The minimum atomic E-state index is 0.0986. The summed E-state index contributed by atoms with van der Waals surface area (Å²) >= 11 is 1.65. The number of rotatable bonds is 7. The van der Waals surface area contributed by atoms with E-state index in [2.05, 4.69) is 57.4 Å². The van der Waals surface area contributed by atoms with Crippen LogP contribution in [0.4, 0.5) is 5.82 Å². The fourth-order valence-electron chi connectivity index (χ4n) is 4.30. The van der Waals surface area contributed by atoms with E-state index in [1.165, 1.54) is 36.8 Å². The number of carbonyl (C=O) groups is 1. The van der Waals surface area contributed by atoms with Crippen molar-refractivity contribution in [2.45, 2.75) is 61.8 Å². The second-order valence-electron chi connectivity index (χ2n) is 8.51. The Morgan fingerprint density at radius 3 is 2.65 bits per heavy atom. The Balaban J connectivity index is 1.29. The molecule has 1 fully saturated rings. The lowest BCUT2D eigenvalue weighted by molar-refractivity contribution is -0.125. The van der Waals surface area contributed by atoms with Crippen LogP contribution in [0.2, 0.25) is 0 Å². The van der Waals surface area contributed by atoms with E-state index in [0.29, 0.717) is 0 Å². The number of allylic oxidation sites excluding steroid dienone is 1. The summed E-state index contributed by atoms with van der Waals surface area (Å²) in [7, 11) is 0. The van der Waals surface area contributed by atoms with E-state index in [0.717, 1.165) is 54.6 Å².